The van der Waals surface area contributed by atoms with Crippen molar-refractivity contribution >= 4 is 33.3 Å². The molecule has 4 rings (SSSR count). The van der Waals surface area contributed by atoms with Gasteiger partial charge in [-0.15, -0.1) is 11.3 Å². The van der Waals surface area contributed by atoms with E-state index in [2.05, 4.69) is 39.9 Å². The van der Waals surface area contributed by atoms with Crippen LogP contribution in [0.1, 0.15) is 30.3 Å². The number of aromatic nitrogens is 4. The standard InChI is InChI=1S/C17H17N5O2S/c1-4-24-16(23)13-10(3)18-17-19-20-21-22(17)14(13)15-9(2)11-7-5-6-8-12(11)25-15/h5-8,14H,4H2,1-3H3,(H,18,19,21). The van der Waals surface area contributed by atoms with Crippen LogP contribution in [0.3, 0.4) is 0 Å². The highest BCUT2D eigenvalue weighted by molar-refractivity contribution is 7.19. The predicted octanol–water partition coefficient (Wildman–Crippen LogP) is 3.05. The summed E-state index contributed by atoms with van der Waals surface area (Å²) in [5.74, 6) is 0.169. The van der Waals surface area contributed by atoms with Gasteiger partial charge >= 0.3 is 5.97 Å². The molecule has 25 heavy (non-hydrogen) atoms. The number of benzene rings is 1. The Hall–Kier alpha value is -2.74. The van der Waals surface area contributed by atoms with E-state index in [-0.39, 0.29) is 5.97 Å². The summed E-state index contributed by atoms with van der Waals surface area (Å²) in [4.78, 5) is 13.7. The second kappa shape index (κ2) is 5.96. The Bertz CT molecular complexity index is 1000. The summed E-state index contributed by atoms with van der Waals surface area (Å²) in [6, 6.07) is 7.80. The molecule has 1 unspecified atom stereocenters. The van der Waals surface area contributed by atoms with Gasteiger partial charge in [-0.25, -0.2) is 4.79 Å². The SMILES string of the molecule is CCOC(=O)C1=C(C)Nc2nnnn2C1c1sc2ccccc2c1C. The topological polar surface area (TPSA) is 81.9 Å². The monoisotopic (exact) mass is 355 g/mol. The summed E-state index contributed by atoms with van der Waals surface area (Å²) in [6.45, 7) is 6.03. The molecular weight excluding hydrogens is 338 g/mol. The molecule has 0 saturated heterocycles. The molecule has 3 heterocycles. The number of carbonyl (C=O) groups is 1. The number of nitrogens with zero attached hydrogens (tertiary/aromatic N) is 4. The summed E-state index contributed by atoms with van der Waals surface area (Å²) in [5.41, 5.74) is 2.38. The molecule has 1 aliphatic rings. The number of hydrogen-bond acceptors (Lipinski definition) is 7. The largest absolute Gasteiger partial charge is 0.463 e. The second-order valence-corrected chi connectivity index (χ2v) is 6.90. The zero-order valence-electron chi connectivity index (χ0n) is 14.1. The fourth-order valence-corrected chi connectivity index (χ4v) is 4.49. The molecule has 0 radical (unpaired) electrons. The number of ether oxygens (including phenoxy) is 1. The lowest BCUT2D eigenvalue weighted by atomic mass is 9.98. The third-order valence-corrected chi connectivity index (χ3v) is 5.66. The van der Waals surface area contributed by atoms with Crippen molar-refractivity contribution in [2.45, 2.75) is 26.8 Å². The third-order valence-electron chi connectivity index (χ3n) is 4.34. The number of esters is 1. The molecule has 1 aromatic carbocycles. The zero-order valence-corrected chi connectivity index (χ0v) is 14.9. The van der Waals surface area contributed by atoms with Crippen molar-refractivity contribution in [1.82, 2.24) is 20.2 Å². The number of tetrazole rings is 1. The van der Waals surface area contributed by atoms with E-state index in [9.17, 15) is 4.79 Å². The smallest absolute Gasteiger partial charge is 0.338 e. The molecule has 0 aliphatic carbocycles. The molecule has 0 saturated carbocycles. The normalized spacial score (nSPS) is 16.7. The van der Waals surface area contributed by atoms with Crippen molar-refractivity contribution in [3.8, 4) is 0 Å². The van der Waals surface area contributed by atoms with Gasteiger partial charge in [0.2, 0.25) is 5.95 Å². The highest BCUT2D eigenvalue weighted by Gasteiger charge is 2.36. The number of nitrogens with one attached hydrogen (secondary N) is 1. The van der Waals surface area contributed by atoms with Crippen molar-refractivity contribution in [3.63, 3.8) is 0 Å². The van der Waals surface area contributed by atoms with Crippen LogP contribution >= 0.6 is 11.3 Å². The molecule has 1 aliphatic heterocycles. The molecule has 1 N–H and O–H groups in total. The molecule has 3 aromatic rings. The summed E-state index contributed by atoms with van der Waals surface area (Å²) in [7, 11) is 0. The molecule has 0 fully saturated rings. The Balaban J connectivity index is 1.95. The zero-order chi connectivity index (χ0) is 17.6. The van der Waals surface area contributed by atoms with Crippen molar-refractivity contribution in [3.05, 3.63) is 46.0 Å². The Morgan fingerprint density at radius 3 is 2.92 bits per heavy atom. The van der Waals surface area contributed by atoms with Gasteiger partial charge in [0.1, 0.15) is 6.04 Å². The maximum Gasteiger partial charge on any atom is 0.338 e. The highest BCUT2D eigenvalue weighted by Crippen LogP contribution is 2.42. The first-order valence-corrected chi connectivity index (χ1v) is 8.84. The molecular formula is C17H17N5O2S. The predicted molar refractivity (Wildman–Crippen MR) is 95.5 cm³/mol. The Morgan fingerprint density at radius 2 is 2.16 bits per heavy atom. The lowest BCUT2D eigenvalue weighted by molar-refractivity contribution is -0.139. The number of aryl methyl sites for hydroxylation is 1. The minimum absolute atomic E-state index is 0.316. The third kappa shape index (κ3) is 2.41. The van der Waals surface area contributed by atoms with Gasteiger partial charge < -0.3 is 10.1 Å². The van der Waals surface area contributed by atoms with Crippen LogP contribution in [0.15, 0.2) is 35.5 Å². The van der Waals surface area contributed by atoms with Crippen molar-refractivity contribution < 1.29 is 9.53 Å². The van der Waals surface area contributed by atoms with E-state index >= 15 is 0 Å². The second-order valence-electron chi connectivity index (χ2n) is 5.82. The average molecular weight is 355 g/mol. The van der Waals surface area contributed by atoms with E-state index in [0.717, 1.165) is 10.4 Å². The number of carbonyl (C=O) groups excluding carboxylic acids is 1. The van der Waals surface area contributed by atoms with Crippen molar-refractivity contribution in [2.75, 3.05) is 11.9 Å². The van der Waals surface area contributed by atoms with Crippen molar-refractivity contribution in [2.24, 2.45) is 0 Å². The summed E-state index contributed by atoms with van der Waals surface area (Å²) >= 11 is 1.65. The minimum atomic E-state index is -0.400. The van der Waals surface area contributed by atoms with Gasteiger partial charge in [0, 0.05) is 15.3 Å². The average Bonchev–Trinajstić information content (AvgIpc) is 3.18. The summed E-state index contributed by atoms with van der Waals surface area (Å²) in [6.07, 6.45) is 0. The molecule has 1 atom stereocenters. The summed E-state index contributed by atoms with van der Waals surface area (Å²) < 4.78 is 8.12. The number of fused-ring (bicyclic) bond motifs is 2. The highest BCUT2D eigenvalue weighted by atomic mass is 32.1. The lowest BCUT2D eigenvalue weighted by Crippen LogP contribution is -2.29. The van der Waals surface area contributed by atoms with E-state index in [4.69, 9.17) is 4.74 Å². The Kier molecular flexibility index (Phi) is 3.76. The maximum atomic E-state index is 12.7. The van der Waals surface area contributed by atoms with Crippen LogP contribution in [0.4, 0.5) is 5.95 Å². The van der Waals surface area contributed by atoms with Crippen LogP contribution in [0.5, 0.6) is 0 Å². The van der Waals surface area contributed by atoms with Gasteiger partial charge in [0.05, 0.1) is 12.2 Å². The van der Waals surface area contributed by atoms with Gasteiger partial charge in [0.15, 0.2) is 0 Å². The molecule has 8 heteroatoms. The number of anilines is 1. The van der Waals surface area contributed by atoms with Crippen molar-refractivity contribution in [1.29, 1.82) is 0 Å². The molecule has 128 valence electrons. The fraction of sp³-hybridized carbons (Fsp3) is 0.294. The number of allylic oxidation sites excluding steroid dienone is 1. The van der Waals surface area contributed by atoms with Gasteiger partial charge in [0.25, 0.3) is 0 Å². The van der Waals surface area contributed by atoms with Crippen LogP contribution in [0, 0.1) is 6.92 Å². The Morgan fingerprint density at radius 1 is 1.36 bits per heavy atom. The lowest BCUT2D eigenvalue weighted by Gasteiger charge is -2.26. The minimum Gasteiger partial charge on any atom is -0.463 e. The Labute approximate surface area is 148 Å². The van der Waals surface area contributed by atoms with E-state index in [0.29, 0.717) is 23.8 Å². The fourth-order valence-electron chi connectivity index (χ4n) is 3.18. The van der Waals surface area contributed by atoms with Crippen LogP contribution in [-0.2, 0) is 9.53 Å². The molecule has 0 spiro atoms. The first-order chi connectivity index (χ1) is 12.1. The van der Waals surface area contributed by atoms with Gasteiger partial charge in [-0.3, -0.25) is 0 Å². The van der Waals surface area contributed by atoms with Crippen LogP contribution < -0.4 is 5.32 Å². The quantitative estimate of drug-likeness (QED) is 0.727. The van der Waals surface area contributed by atoms with E-state index in [1.54, 1.807) is 22.9 Å². The van der Waals surface area contributed by atoms with Gasteiger partial charge in [-0.2, -0.15) is 4.68 Å². The first-order valence-electron chi connectivity index (χ1n) is 8.02. The van der Waals surface area contributed by atoms with Crippen LogP contribution in [0.2, 0.25) is 0 Å². The molecule has 7 nitrogen and oxygen atoms in total. The van der Waals surface area contributed by atoms with E-state index < -0.39 is 6.04 Å². The number of thiophene rings is 1. The number of rotatable bonds is 3. The molecule has 0 bridgehead atoms. The maximum absolute atomic E-state index is 12.7. The molecule has 0 amide bonds. The van der Waals surface area contributed by atoms with Crippen LogP contribution in [-0.4, -0.2) is 32.8 Å². The first kappa shape index (κ1) is 15.8. The van der Waals surface area contributed by atoms with E-state index in [1.807, 2.05) is 19.1 Å². The van der Waals surface area contributed by atoms with Gasteiger partial charge in [-0.05, 0) is 48.2 Å². The van der Waals surface area contributed by atoms with Gasteiger partial charge in [-0.1, -0.05) is 23.3 Å². The van der Waals surface area contributed by atoms with Crippen LogP contribution in [0.25, 0.3) is 10.1 Å². The molecule has 2 aromatic heterocycles. The van der Waals surface area contributed by atoms with E-state index in [1.165, 1.54) is 10.1 Å². The summed E-state index contributed by atoms with van der Waals surface area (Å²) in [5, 5.41) is 16.2. The number of hydrogen-bond donors (Lipinski definition) is 1.